The molecule has 3 rings (SSSR count). The van der Waals surface area contributed by atoms with E-state index in [4.69, 9.17) is 23.2 Å². The molecule has 1 N–H and O–H groups in total. The fourth-order valence-electron chi connectivity index (χ4n) is 3.05. The molecular weight excluding hydrogens is 377 g/mol. The van der Waals surface area contributed by atoms with Gasteiger partial charge in [-0.3, -0.25) is 14.9 Å². The van der Waals surface area contributed by atoms with Crippen molar-refractivity contribution >= 4 is 46.2 Å². The average Bonchev–Trinajstić information content (AvgIpc) is 2.62. The number of para-hydroxylation sites is 1. The SMILES string of the molecule is O=C(Nc1cccc(Cl)c1N1CCCCC1)c1ccc([N+](=O)[O-])cc1Cl. The van der Waals surface area contributed by atoms with Gasteiger partial charge in [-0.1, -0.05) is 29.3 Å². The van der Waals surface area contributed by atoms with Crippen molar-refractivity contribution in [2.24, 2.45) is 0 Å². The highest BCUT2D eigenvalue weighted by Crippen LogP contribution is 2.36. The lowest BCUT2D eigenvalue weighted by Gasteiger charge is -2.31. The molecule has 0 aromatic heterocycles. The van der Waals surface area contributed by atoms with E-state index in [1.54, 1.807) is 18.2 Å². The summed E-state index contributed by atoms with van der Waals surface area (Å²) in [5.74, 6) is -0.439. The number of amides is 1. The van der Waals surface area contributed by atoms with Gasteiger partial charge >= 0.3 is 0 Å². The van der Waals surface area contributed by atoms with Crippen molar-refractivity contribution in [3.63, 3.8) is 0 Å². The lowest BCUT2D eigenvalue weighted by molar-refractivity contribution is -0.384. The van der Waals surface area contributed by atoms with E-state index in [0.29, 0.717) is 10.7 Å². The van der Waals surface area contributed by atoms with Crippen molar-refractivity contribution in [1.29, 1.82) is 0 Å². The summed E-state index contributed by atoms with van der Waals surface area (Å²) in [5, 5.41) is 14.2. The molecule has 6 nitrogen and oxygen atoms in total. The molecule has 136 valence electrons. The fourth-order valence-corrected chi connectivity index (χ4v) is 3.60. The Hall–Kier alpha value is -2.31. The van der Waals surface area contributed by atoms with Crippen LogP contribution in [0.25, 0.3) is 0 Å². The molecule has 0 aliphatic carbocycles. The number of hydrogen-bond acceptors (Lipinski definition) is 4. The van der Waals surface area contributed by atoms with Gasteiger partial charge in [-0.05, 0) is 37.5 Å². The number of rotatable bonds is 4. The van der Waals surface area contributed by atoms with E-state index >= 15 is 0 Å². The van der Waals surface area contributed by atoms with E-state index in [0.717, 1.165) is 31.6 Å². The number of carbonyl (C=O) groups excluding carboxylic acids is 1. The molecule has 8 heteroatoms. The van der Waals surface area contributed by atoms with Crippen LogP contribution in [0, 0.1) is 10.1 Å². The zero-order valence-corrected chi connectivity index (χ0v) is 15.4. The average molecular weight is 394 g/mol. The van der Waals surface area contributed by atoms with Gasteiger partial charge in [-0.25, -0.2) is 0 Å². The van der Waals surface area contributed by atoms with Crippen molar-refractivity contribution in [1.82, 2.24) is 0 Å². The summed E-state index contributed by atoms with van der Waals surface area (Å²) in [6.45, 7) is 1.76. The van der Waals surface area contributed by atoms with Crippen molar-refractivity contribution < 1.29 is 9.72 Å². The molecule has 0 bridgehead atoms. The summed E-state index contributed by atoms with van der Waals surface area (Å²) in [5.41, 5.74) is 1.39. The largest absolute Gasteiger partial charge is 0.369 e. The Morgan fingerprint density at radius 2 is 1.81 bits per heavy atom. The highest BCUT2D eigenvalue weighted by atomic mass is 35.5. The standard InChI is InChI=1S/C18H17Cl2N3O3/c19-14-5-4-6-16(17(14)22-9-2-1-3-10-22)21-18(24)13-8-7-12(23(25)26)11-15(13)20/h4-8,11H,1-3,9-10H2,(H,21,24). The van der Waals surface area contributed by atoms with Gasteiger partial charge < -0.3 is 10.2 Å². The third kappa shape index (κ3) is 3.92. The number of carbonyl (C=O) groups is 1. The fraction of sp³-hybridized carbons (Fsp3) is 0.278. The number of nitro groups is 1. The lowest BCUT2D eigenvalue weighted by Crippen LogP contribution is -2.30. The molecule has 0 unspecified atom stereocenters. The van der Waals surface area contributed by atoms with Gasteiger partial charge in [0.2, 0.25) is 0 Å². The Morgan fingerprint density at radius 3 is 2.46 bits per heavy atom. The van der Waals surface area contributed by atoms with E-state index in [2.05, 4.69) is 10.2 Å². The number of anilines is 2. The quantitative estimate of drug-likeness (QED) is 0.575. The molecule has 2 aromatic carbocycles. The first-order valence-electron chi connectivity index (χ1n) is 8.26. The molecule has 0 radical (unpaired) electrons. The lowest BCUT2D eigenvalue weighted by atomic mass is 10.1. The maximum absolute atomic E-state index is 12.6. The summed E-state index contributed by atoms with van der Waals surface area (Å²) in [4.78, 5) is 25.1. The molecule has 1 amide bonds. The first-order chi connectivity index (χ1) is 12.5. The zero-order valence-electron chi connectivity index (χ0n) is 13.9. The van der Waals surface area contributed by atoms with Gasteiger partial charge in [-0.2, -0.15) is 0 Å². The summed E-state index contributed by atoms with van der Waals surface area (Å²) < 4.78 is 0. The molecule has 1 aliphatic heterocycles. The summed E-state index contributed by atoms with van der Waals surface area (Å²) in [6.07, 6.45) is 3.33. The number of halogens is 2. The zero-order chi connectivity index (χ0) is 18.7. The van der Waals surface area contributed by atoms with Crippen LogP contribution in [-0.4, -0.2) is 23.9 Å². The van der Waals surface area contributed by atoms with Crippen LogP contribution in [0.3, 0.4) is 0 Å². The van der Waals surface area contributed by atoms with Crippen molar-refractivity contribution in [3.05, 3.63) is 62.1 Å². The number of nitrogens with one attached hydrogen (secondary N) is 1. The van der Waals surface area contributed by atoms with Crippen molar-refractivity contribution in [2.75, 3.05) is 23.3 Å². The molecule has 1 saturated heterocycles. The molecule has 1 aliphatic rings. The number of piperidine rings is 1. The van der Waals surface area contributed by atoms with Gasteiger partial charge in [0.15, 0.2) is 0 Å². The predicted molar refractivity (Wildman–Crippen MR) is 104 cm³/mol. The first kappa shape index (κ1) is 18.5. The Balaban J connectivity index is 1.88. The molecular formula is C18H17Cl2N3O3. The molecule has 1 heterocycles. The molecule has 0 spiro atoms. The summed E-state index contributed by atoms with van der Waals surface area (Å²) in [6, 6.07) is 9.11. The van der Waals surface area contributed by atoms with Crippen LogP contribution in [-0.2, 0) is 0 Å². The van der Waals surface area contributed by atoms with E-state index in [9.17, 15) is 14.9 Å². The second-order valence-corrected chi connectivity index (χ2v) is 6.87. The van der Waals surface area contributed by atoms with Gasteiger partial charge in [0.25, 0.3) is 11.6 Å². The van der Waals surface area contributed by atoms with Crippen LogP contribution in [0.1, 0.15) is 29.6 Å². The third-order valence-corrected chi connectivity index (χ3v) is 4.93. The number of hydrogen-bond donors (Lipinski definition) is 1. The summed E-state index contributed by atoms with van der Waals surface area (Å²) >= 11 is 12.4. The van der Waals surface area contributed by atoms with Crippen LogP contribution in [0.5, 0.6) is 0 Å². The minimum absolute atomic E-state index is 0.0262. The van der Waals surface area contributed by atoms with E-state index in [-0.39, 0.29) is 16.3 Å². The third-order valence-electron chi connectivity index (χ3n) is 4.32. The van der Waals surface area contributed by atoms with Crippen molar-refractivity contribution in [3.8, 4) is 0 Å². The van der Waals surface area contributed by atoms with Crippen molar-refractivity contribution in [2.45, 2.75) is 19.3 Å². The smallest absolute Gasteiger partial charge is 0.270 e. The van der Waals surface area contributed by atoms with Crippen LogP contribution < -0.4 is 10.2 Å². The van der Waals surface area contributed by atoms with Crippen LogP contribution in [0.4, 0.5) is 17.1 Å². The highest BCUT2D eigenvalue weighted by molar-refractivity contribution is 6.35. The minimum Gasteiger partial charge on any atom is -0.369 e. The maximum Gasteiger partial charge on any atom is 0.270 e. The molecule has 1 fully saturated rings. The monoisotopic (exact) mass is 393 g/mol. The van der Waals surface area contributed by atoms with E-state index < -0.39 is 10.8 Å². The second-order valence-electron chi connectivity index (χ2n) is 6.06. The molecule has 0 atom stereocenters. The normalized spacial score (nSPS) is 14.2. The Kier molecular flexibility index (Phi) is 5.64. The van der Waals surface area contributed by atoms with Crippen LogP contribution in [0.15, 0.2) is 36.4 Å². The Morgan fingerprint density at radius 1 is 1.08 bits per heavy atom. The number of nitro benzene ring substituents is 1. The number of non-ortho nitro benzene ring substituents is 1. The highest BCUT2D eigenvalue weighted by Gasteiger charge is 2.20. The van der Waals surface area contributed by atoms with Gasteiger partial charge in [0.05, 0.1) is 31.9 Å². The van der Waals surface area contributed by atoms with Gasteiger partial charge in [-0.15, -0.1) is 0 Å². The molecule has 26 heavy (non-hydrogen) atoms. The van der Waals surface area contributed by atoms with Crippen LogP contribution in [0.2, 0.25) is 10.0 Å². The minimum atomic E-state index is -0.557. The second kappa shape index (κ2) is 7.93. The van der Waals surface area contributed by atoms with E-state index in [1.807, 2.05) is 0 Å². The Bertz CT molecular complexity index is 852. The van der Waals surface area contributed by atoms with Gasteiger partial charge in [0, 0.05) is 25.2 Å². The first-order valence-corrected chi connectivity index (χ1v) is 9.01. The van der Waals surface area contributed by atoms with E-state index in [1.165, 1.54) is 24.6 Å². The van der Waals surface area contributed by atoms with Crippen LogP contribution >= 0.6 is 23.2 Å². The molecule has 0 saturated carbocycles. The van der Waals surface area contributed by atoms with Gasteiger partial charge in [0.1, 0.15) is 0 Å². The summed E-state index contributed by atoms with van der Waals surface area (Å²) in [7, 11) is 0. The molecule has 2 aromatic rings. The maximum atomic E-state index is 12.6. The number of nitrogens with zero attached hydrogens (tertiary/aromatic N) is 2. The Labute approximate surface area is 160 Å². The predicted octanol–water partition coefficient (Wildman–Crippen LogP) is 5.14. The number of benzene rings is 2. The topological polar surface area (TPSA) is 75.5 Å².